The summed E-state index contributed by atoms with van der Waals surface area (Å²) in [5, 5.41) is 0. The van der Waals surface area contributed by atoms with E-state index >= 15 is 0 Å². The number of Topliss-reactive ketones (excluding diaryl/α,β-unsaturated/α-hetero) is 1. The predicted octanol–water partition coefficient (Wildman–Crippen LogP) is 2.96. The third-order valence-electron chi connectivity index (χ3n) is 2.09. The Bertz CT molecular complexity index is 147. The molecule has 0 saturated carbocycles. The summed E-state index contributed by atoms with van der Waals surface area (Å²) in [6.45, 7) is 9.89. The highest BCUT2D eigenvalue weighted by Gasteiger charge is 2.04. The van der Waals surface area contributed by atoms with Crippen molar-refractivity contribution in [1.82, 2.24) is 0 Å². The summed E-state index contributed by atoms with van der Waals surface area (Å²) in [5.41, 5.74) is 1.17. The fourth-order valence-electron chi connectivity index (χ4n) is 0.801. The number of allylic oxidation sites excluding steroid dienone is 1. The zero-order chi connectivity index (χ0) is 8.85. The molecule has 0 fully saturated rings. The standard InChI is InChI=1S/C10H18O/c1-5-10(11)7-6-9(4)8(2)3/h9H,2,5-7H2,1,3-4H3. The molecule has 0 aliphatic heterocycles. The van der Waals surface area contributed by atoms with E-state index in [1.165, 1.54) is 5.57 Å². The van der Waals surface area contributed by atoms with Crippen LogP contribution in [0.15, 0.2) is 12.2 Å². The Hall–Kier alpha value is -0.590. The molecule has 0 rings (SSSR count). The lowest BCUT2D eigenvalue weighted by Gasteiger charge is -2.08. The Labute approximate surface area is 69.5 Å². The first-order valence-electron chi connectivity index (χ1n) is 4.25. The van der Waals surface area contributed by atoms with Gasteiger partial charge in [0.25, 0.3) is 0 Å². The van der Waals surface area contributed by atoms with Crippen LogP contribution < -0.4 is 0 Å². The lowest BCUT2D eigenvalue weighted by Crippen LogP contribution is -2.01. The quantitative estimate of drug-likeness (QED) is 0.556. The van der Waals surface area contributed by atoms with Crippen molar-refractivity contribution < 1.29 is 4.79 Å². The monoisotopic (exact) mass is 154 g/mol. The van der Waals surface area contributed by atoms with Crippen molar-refractivity contribution in [3.05, 3.63) is 12.2 Å². The van der Waals surface area contributed by atoms with Gasteiger partial charge in [0.05, 0.1) is 0 Å². The van der Waals surface area contributed by atoms with Crippen LogP contribution in [0, 0.1) is 5.92 Å². The first-order chi connectivity index (χ1) is 5.07. The molecule has 0 aliphatic carbocycles. The van der Waals surface area contributed by atoms with Crippen molar-refractivity contribution >= 4 is 5.78 Å². The van der Waals surface area contributed by atoms with Crippen LogP contribution >= 0.6 is 0 Å². The molecule has 0 amide bonds. The molecule has 0 aromatic carbocycles. The van der Waals surface area contributed by atoms with Gasteiger partial charge in [0.15, 0.2) is 0 Å². The summed E-state index contributed by atoms with van der Waals surface area (Å²) >= 11 is 0. The van der Waals surface area contributed by atoms with Gasteiger partial charge in [-0.3, -0.25) is 4.79 Å². The van der Waals surface area contributed by atoms with Crippen LogP contribution in [0.3, 0.4) is 0 Å². The van der Waals surface area contributed by atoms with Crippen LogP contribution in [-0.4, -0.2) is 5.78 Å². The number of carbonyl (C=O) groups excluding carboxylic acids is 1. The van der Waals surface area contributed by atoms with Crippen molar-refractivity contribution in [2.75, 3.05) is 0 Å². The zero-order valence-corrected chi connectivity index (χ0v) is 7.81. The second kappa shape index (κ2) is 5.11. The van der Waals surface area contributed by atoms with Gasteiger partial charge in [-0.15, -0.1) is 0 Å². The fourth-order valence-corrected chi connectivity index (χ4v) is 0.801. The maximum absolute atomic E-state index is 10.9. The van der Waals surface area contributed by atoms with E-state index in [1.54, 1.807) is 0 Å². The Morgan fingerprint density at radius 1 is 1.55 bits per heavy atom. The van der Waals surface area contributed by atoms with E-state index in [1.807, 2.05) is 13.8 Å². The molecule has 0 saturated heterocycles. The lowest BCUT2D eigenvalue weighted by atomic mass is 9.97. The third-order valence-corrected chi connectivity index (χ3v) is 2.09. The molecular weight excluding hydrogens is 136 g/mol. The van der Waals surface area contributed by atoms with Crippen LogP contribution in [-0.2, 0) is 4.79 Å². The van der Waals surface area contributed by atoms with Gasteiger partial charge in [-0.25, -0.2) is 0 Å². The number of rotatable bonds is 5. The first kappa shape index (κ1) is 10.4. The largest absolute Gasteiger partial charge is 0.300 e. The number of hydrogen-bond donors (Lipinski definition) is 0. The van der Waals surface area contributed by atoms with Gasteiger partial charge in [0.1, 0.15) is 5.78 Å². The highest BCUT2D eigenvalue weighted by molar-refractivity contribution is 5.77. The van der Waals surface area contributed by atoms with Gasteiger partial charge in [0, 0.05) is 12.8 Å². The van der Waals surface area contributed by atoms with Gasteiger partial charge in [-0.1, -0.05) is 26.0 Å². The van der Waals surface area contributed by atoms with Crippen molar-refractivity contribution in [3.63, 3.8) is 0 Å². The molecule has 0 spiro atoms. The molecule has 0 radical (unpaired) electrons. The SMILES string of the molecule is C=C(C)C(C)CCC(=O)CC. The Morgan fingerprint density at radius 2 is 2.09 bits per heavy atom. The Kier molecular flexibility index (Phi) is 4.84. The van der Waals surface area contributed by atoms with Crippen molar-refractivity contribution in [2.45, 2.75) is 40.0 Å². The second-order valence-corrected chi connectivity index (χ2v) is 3.18. The molecule has 1 unspecified atom stereocenters. The van der Waals surface area contributed by atoms with Gasteiger partial charge in [-0.2, -0.15) is 0 Å². The number of ketones is 1. The number of carbonyl (C=O) groups is 1. The zero-order valence-electron chi connectivity index (χ0n) is 7.81. The van der Waals surface area contributed by atoms with Gasteiger partial charge in [0.2, 0.25) is 0 Å². The fraction of sp³-hybridized carbons (Fsp3) is 0.700. The van der Waals surface area contributed by atoms with Crippen molar-refractivity contribution in [2.24, 2.45) is 5.92 Å². The van der Waals surface area contributed by atoms with Crippen LogP contribution in [0.2, 0.25) is 0 Å². The van der Waals surface area contributed by atoms with Crippen molar-refractivity contribution in [1.29, 1.82) is 0 Å². The van der Waals surface area contributed by atoms with Crippen LogP contribution in [0.25, 0.3) is 0 Å². The average Bonchev–Trinajstić information content (AvgIpc) is 1.99. The lowest BCUT2D eigenvalue weighted by molar-refractivity contribution is -0.118. The maximum atomic E-state index is 10.9. The van der Waals surface area contributed by atoms with Gasteiger partial charge < -0.3 is 0 Å². The van der Waals surface area contributed by atoms with Crippen molar-refractivity contribution in [3.8, 4) is 0 Å². The van der Waals surface area contributed by atoms with E-state index in [-0.39, 0.29) is 0 Å². The summed E-state index contributed by atoms with van der Waals surface area (Å²) < 4.78 is 0. The molecule has 0 aromatic heterocycles. The molecule has 1 heteroatoms. The highest BCUT2D eigenvalue weighted by Crippen LogP contribution is 2.14. The predicted molar refractivity (Wildman–Crippen MR) is 48.5 cm³/mol. The molecule has 1 nitrogen and oxygen atoms in total. The summed E-state index contributed by atoms with van der Waals surface area (Å²) in [7, 11) is 0. The van der Waals surface area contributed by atoms with E-state index < -0.39 is 0 Å². The molecule has 64 valence electrons. The highest BCUT2D eigenvalue weighted by atomic mass is 16.1. The second-order valence-electron chi connectivity index (χ2n) is 3.18. The summed E-state index contributed by atoms with van der Waals surface area (Å²) in [6.07, 6.45) is 2.34. The first-order valence-corrected chi connectivity index (χ1v) is 4.25. The molecule has 0 bridgehead atoms. The maximum Gasteiger partial charge on any atom is 0.132 e. The number of hydrogen-bond acceptors (Lipinski definition) is 1. The van der Waals surface area contributed by atoms with E-state index in [0.29, 0.717) is 24.5 Å². The normalized spacial score (nSPS) is 12.6. The van der Waals surface area contributed by atoms with E-state index in [0.717, 1.165) is 6.42 Å². The van der Waals surface area contributed by atoms with E-state index in [4.69, 9.17) is 0 Å². The Morgan fingerprint density at radius 3 is 2.45 bits per heavy atom. The third kappa shape index (κ3) is 4.77. The molecule has 0 N–H and O–H groups in total. The molecule has 0 aromatic rings. The molecule has 1 atom stereocenters. The molecule has 11 heavy (non-hydrogen) atoms. The molecule has 0 aliphatic rings. The van der Waals surface area contributed by atoms with Crippen LogP contribution in [0.1, 0.15) is 40.0 Å². The molecular formula is C10H18O. The Balaban J connectivity index is 3.54. The van der Waals surface area contributed by atoms with Crippen LogP contribution in [0.5, 0.6) is 0 Å². The minimum Gasteiger partial charge on any atom is -0.300 e. The van der Waals surface area contributed by atoms with Gasteiger partial charge >= 0.3 is 0 Å². The van der Waals surface area contributed by atoms with Gasteiger partial charge in [-0.05, 0) is 19.3 Å². The summed E-state index contributed by atoms with van der Waals surface area (Å²) in [6, 6.07) is 0. The summed E-state index contributed by atoms with van der Waals surface area (Å²) in [5.74, 6) is 0.851. The summed E-state index contributed by atoms with van der Waals surface area (Å²) in [4.78, 5) is 10.9. The van der Waals surface area contributed by atoms with E-state index in [9.17, 15) is 4.79 Å². The topological polar surface area (TPSA) is 17.1 Å². The average molecular weight is 154 g/mol. The minimum absolute atomic E-state index is 0.359. The smallest absolute Gasteiger partial charge is 0.132 e. The van der Waals surface area contributed by atoms with Crippen LogP contribution in [0.4, 0.5) is 0 Å². The molecule has 0 heterocycles. The minimum atomic E-state index is 0.359. The van der Waals surface area contributed by atoms with E-state index in [2.05, 4.69) is 13.5 Å².